The molecule has 132 valence electrons. The lowest BCUT2D eigenvalue weighted by atomic mass is 9.99. The number of carbonyl (C=O) groups is 2. The van der Waals surface area contributed by atoms with Gasteiger partial charge in [-0.3, -0.25) is 14.2 Å². The Labute approximate surface area is 139 Å². The molecule has 0 amide bonds. The van der Waals surface area contributed by atoms with E-state index >= 15 is 0 Å². The molecule has 3 unspecified atom stereocenters. The molecule has 0 saturated carbocycles. The number of benzene rings is 1. The Morgan fingerprint density at radius 2 is 1.88 bits per heavy atom. The second kappa shape index (κ2) is 8.66. The third kappa shape index (κ3) is 5.51. The van der Waals surface area contributed by atoms with Crippen LogP contribution in [0.15, 0.2) is 36.4 Å². The lowest BCUT2D eigenvalue weighted by Gasteiger charge is -2.26. The van der Waals surface area contributed by atoms with Crippen molar-refractivity contribution >= 4 is 19.3 Å². The van der Waals surface area contributed by atoms with Gasteiger partial charge < -0.3 is 20.2 Å². The highest BCUT2D eigenvalue weighted by Crippen LogP contribution is 2.54. The van der Waals surface area contributed by atoms with E-state index in [2.05, 4.69) is 0 Å². The molecule has 0 heterocycles. The quantitative estimate of drug-likeness (QED) is 0.395. The molecule has 0 fully saturated rings. The van der Waals surface area contributed by atoms with Crippen molar-refractivity contribution in [1.29, 1.82) is 0 Å². The van der Waals surface area contributed by atoms with Crippen LogP contribution in [0.2, 0.25) is 0 Å². The molecule has 0 aliphatic rings. The van der Waals surface area contributed by atoms with E-state index in [9.17, 15) is 29.3 Å². The zero-order chi connectivity index (χ0) is 18.3. The fourth-order valence-corrected chi connectivity index (χ4v) is 4.71. The second-order valence-corrected chi connectivity index (χ2v) is 7.86. The van der Waals surface area contributed by atoms with Gasteiger partial charge in [0.25, 0.3) is 0 Å². The van der Waals surface area contributed by atoms with Gasteiger partial charge in [0, 0.05) is 12.0 Å². The smallest absolute Gasteiger partial charge is 0.307 e. The molecule has 0 aromatic heterocycles. The van der Waals surface area contributed by atoms with Crippen LogP contribution < -0.4 is 0 Å². The lowest BCUT2D eigenvalue weighted by molar-refractivity contribution is -0.142. The average molecular weight is 356 g/mol. The number of rotatable bonds is 9. The molecule has 4 N–H and O–H groups in total. The fourth-order valence-electron chi connectivity index (χ4n) is 2.46. The number of phenolic OH excluding ortho intramolecular Hbond substituents is 1. The Morgan fingerprint density at radius 1 is 1.25 bits per heavy atom. The van der Waals surface area contributed by atoms with Crippen molar-refractivity contribution in [2.75, 3.05) is 0 Å². The van der Waals surface area contributed by atoms with Gasteiger partial charge in [-0.1, -0.05) is 30.4 Å². The highest BCUT2D eigenvalue weighted by atomic mass is 31.2. The largest absolute Gasteiger partial charge is 0.508 e. The number of hydrogen-bond acceptors (Lipinski definition) is 4. The number of aromatic hydroxyl groups is 1. The highest BCUT2D eigenvalue weighted by molar-refractivity contribution is 7.58. The van der Waals surface area contributed by atoms with Crippen LogP contribution in [0.1, 0.15) is 25.3 Å². The normalized spacial score (nSPS) is 16.4. The van der Waals surface area contributed by atoms with Crippen molar-refractivity contribution in [3.05, 3.63) is 42.0 Å². The molecule has 0 radical (unpaired) electrons. The predicted octanol–water partition coefficient (Wildman–Crippen LogP) is 2.67. The maximum absolute atomic E-state index is 12.8. The number of para-hydroxylation sites is 1. The van der Waals surface area contributed by atoms with Crippen molar-refractivity contribution in [3.63, 3.8) is 0 Å². The monoisotopic (exact) mass is 356 g/mol. The van der Waals surface area contributed by atoms with Crippen molar-refractivity contribution in [3.8, 4) is 5.75 Å². The Bertz CT molecular complexity index is 668. The molecule has 1 aromatic rings. The van der Waals surface area contributed by atoms with Gasteiger partial charge >= 0.3 is 11.9 Å². The Morgan fingerprint density at radius 3 is 2.38 bits per heavy atom. The van der Waals surface area contributed by atoms with E-state index in [1.165, 1.54) is 24.3 Å². The van der Waals surface area contributed by atoms with Crippen LogP contribution in [0.25, 0.3) is 0 Å². The Hall–Kier alpha value is -2.11. The zero-order valence-corrected chi connectivity index (χ0v) is 14.1. The number of allylic oxidation sites excluding steroid dienone is 2. The third-order valence-electron chi connectivity index (χ3n) is 3.64. The first-order valence-electron chi connectivity index (χ1n) is 7.34. The van der Waals surface area contributed by atoms with Crippen LogP contribution in [0.4, 0.5) is 0 Å². The molecule has 0 spiro atoms. The molecule has 0 bridgehead atoms. The van der Waals surface area contributed by atoms with Gasteiger partial charge in [-0.2, -0.15) is 0 Å². The maximum Gasteiger partial charge on any atom is 0.307 e. The van der Waals surface area contributed by atoms with Crippen LogP contribution >= 0.6 is 7.37 Å². The molecule has 24 heavy (non-hydrogen) atoms. The number of phenols is 1. The zero-order valence-electron chi connectivity index (χ0n) is 13.2. The van der Waals surface area contributed by atoms with E-state index in [0.29, 0.717) is 0 Å². The van der Waals surface area contributed by atoms with Crippen molar-refractivity contribution in [1.82, 2.24) is 0 Å². The molecule has 0 saturated heterocycles. The molecular weight excluding hydrogens is 335 g/mol. The van der Waals surface area contributed by atoms with E-state index in [-0.39, 0.29) is 17.7 Å². The summed E-state index contributed by atoms with van der Waals surface area (Å²) in [6, 6.07) is 6.02. The van der Waals surface area contributed by atoms with E-state index < -0.39 is 43.5 Å². The topological polar surface area (TPSA) is 132 Å². The van der Waals surface area contributed by atoms with Gasteiger partial charge in [-0.15, -0.1) is 0 Å². The van der Waals surface area contributed by atoms with Gasteiger partial charge in [0.2, 0.25) is 7.37 Å². The first-order chi connectivity index (χ1) is 11.2. The minimum Gasteiger partial charge on any atom is -0.508 e. The minimum atomic E-state index is -4.06. The summed E-state index contributed by atoms with van der Waals surface area (Å²) in [6.07, 6.45) is 1.72. The number of aliphatic carboxylic acids is 2. The number of hydrogen-bond donors (Lipinski definition) is 4. The molecule has 1 aromatic carbocycles. The van der Waals surface area contributed by atoms with Crippen molar-refractivity contribution in [2.24, 2.45) is 5.92 Å². The molecule has 8 heteroatoms. The SMILES string of the molecule is CC=CC(C(CCC(=O)O)C(=O)O)P(=O)(O)Cc1ccccc1O. The van der Waals surface area contributed by atoms with Gasteiger partial charge in [0.1, 0.15) is 5.75 Å². The number of carboxylic acids is 2. The predicted molar refractivity (Wildman–Crippen MR) is 88.2 cm³/mol. The van der Waals surface area contributed by atoms with Gasteiger partial charge in [-0.05, 0) is 19.4 Å². The molecule has 7 nitrogen and oxygen atoms in total. The fraction of sp³-hybridized carbons (Fsp3) is 0.375. The molecular formula is C16H21O7P. The van der Waals surface area contributed by atoms with Gasteiger partial charge in [0.15, 0.2) is 0 Å². The minimum absolute atomic E-state index is 0.150. The molecule has 0 aliphatic heterocycles. The summed E-state index contributed by atoms with van der Waals surface area (Å²) >= 11 is 0. The maximum atomic E-state index is 12.8. The number of carboxylic acid groups (broad SMARTS) is 2. The summed E-state index contributed by atoms with van der Waals surface area (Å²) in [5.41, 5.74) is -1.00. The first kappa shape index (κ1) is 19.9. The van der Waals surface area contributed by atoms with Gasteiger partial charge in [0.05, 0.1) is 17.7 Å². The summed E-state index contributed by atoms with van der Waals surface area (Å²) in [5, 5.41) is 27.9. The summed E-state index contributed by atoms with van der Waals surface area (Å²) in [4.78, 5) is 32.7. The second-order valence-electron chi connectivity index (χ2n) is 5.44. The van der Waals surface area contributed by atoms with Gasteiger partial charge in [-0.25, -0.2) is 0 Å². The Balaban J connectivity index is 3.14. The van der Waals surface area contributed by atoms with Crippen molar-refractivity contribution < 1.29 is 34.4 Å². The van der Waals surface area contributed by atoms with E-state index in [1.54, 1.807) is 19.1 Å². The molecule has 0 aliphatic carbocycles. The van der Waals surface area contributed by atoms with E-state index in [4.69, 9.17) is 5.11 Å². The van der Waals surface area contributed by atoms with Crippen molar-refractivity contribution in [2.45, 2.75) is 31.6 Å². The van der Waals surface area contributed by atoms with Crippen LogP contribution in [0, 0.1) is 5.92 Å². The van der Waals surface area contributed by atoms with Crippen LogP contribution in [0.3, 0.4) is 0 Å². The van der Waals surface area contributed by atoms with Crippen LogP contribution in [-0.4, -0.2) is 37.8 Å². The van der Waals surface area contributed by atoms with Crippen LogP contribution in [0.5, 0.6) is 5.75 Å². The lowest BCUT2D eigenvalue weighted by Crippen LogP contribution is -2.28. The third-order valence-corrected chi connectivity index (χ3v) is 5.90. The van der Waals surface area contributed by atoms with Crippen LogP contribution in [-0.2, 0) is 20.3 Å². The average Bonchev–Trinajstić information content (AvgIpc) is 2.48. The first-order valence-corrected chi connectivity index (χ1v) is 9.26. The van der Waals surface area contributed by atoms with E-state index in [0.717, 1.165) is 0 Å². The Kier molecular flexibility index (Phi) is 7.19. The summed E-state index contributed by atoms with van der Waals surface area (Å²) in [5.74, 6) is -3.96. The molecule has 1 rings (SSSR count). The summed E-state index contributed by atoms with van der Waals surface area (Å²) in [6.45, 7) is 1.59. The molecule has 3 atom stereocenters. The highest BCUT2D eigenvalue weighted by Gasteiger charge is 2.39. The summed E-state index contributed by atoms with van der Waals surface area (Å²) < 4.78 is 12.8. The van der Waals surface area contributed by atoms with E-state index in [1.807, 2.05) is 0 Å². The summed E-state index contributed by atoms with van der Waals surface area (Å²) in [7, 11) is -4.06. The standard InChI is InChI=1S/C16H21O7P/c1-2-5-14(12(16(20)21)8-9-15(18)19)24(22,23)10-11-6-3-4-7-13(11)17/h2-7,12,14,17H,8-10H2,1H3,(H,18,19)(H,20,21)(H,22,23).